The van der Waals surface area contributed by atoms with Crippen LogP contribution in [0.15, 0.2) is 41.8 Å². The summed E-state index contributed by atoms with van der Waals surface area (Å²) in [6.07, 6.45) is 3.46. The number of alkyl halides is 2. The Balaban J connectivity index is 1.44. The Hall–Kier alpha value is -2.97. The van der Waals surface area contributed by atoms with E-state index in [4.69, 9.17) is 0 Å². The van der Waals surface area contributed by atoms with Crippen LogP contribution in [0.5, 0.6) is 0 Å². The highest BCUT2D eigenvalue weighted by Crippen LogP contribution is 2.27. The smallest absolute Gasteiger partial charge is 0.280 e. The summed E-state index contributed by atoms with van der Waals surface area (Å²) < 4.78 is 26.7. The highest BCUT2D eigenvalue weighted by molar-refractivity contribution is 5.86. The lowest BCUT2D eigenvalue weighted by atomic mass is 9.96. The second-order valence-electron chi connectivity index (χ2n) is 6.61. The van der Waals surface area contributed by atoms with E-state index in [1.165, 1.54) is 17.2 Å². The molecular formula is C18H18F2N6O. The van der Waals surface area contributed by atoms with Gasteiger partial charge in [0.15, 0.2) is 5.65 Å². The van der Waals surface area contributed by atoms with Gasteiger partial charge >= 0.3 is 0 Å². The Morgan fingerprint density at radius 1 is 1.15 bits per heavy atom. The summed E-state index contributed by atoms with van der Waals surface area (Å²) in [5.41, 5.74) is -0.243. The van der Waals surface area contributed by atoms with E-state index in [9.17, 15) is 13.6 Å². The van der Waals surface area contributed by atoms with E-state index < -0.39 is 17.7 Å². The first kappa shape index (κ1) is 17.4. The fraction of sp³-hybridized carbons (Fsp3) is 0.389. The topological polar surface area (TPSA) is 76.8 Å². The highest BCUT2D eigenvalue weighted by Gasteiger charge is 2.22. The summed E-state index contributed by atoms with van der Waals surface area (Å²) in [5, 5.41) is 0.918. The number of rotatable bonds is 4. The molecule has 4 rings (SSSR count). The number of aromatic nitrogens is 5. The van der Waals surface area contributed by atoms with E-state index in [1.54, 1.807) is 6.20 Å². The van der Waals surface area contributed by atoms with Crippen molar-refractivity contribution in [3.05, 3.63) is 53.1 Å². The third-order valence-electron chi connectivity index (χ3n) is 4.88. The van der Waals surface area contributed by atoms with Crippen molar-refractivity contribution >= 4 is 16.9 Å². The lowest BCUT2D eigenvalue weighted by Gasteiger charge is -2.33. The zero-order chi connectivity index (χ0) is 18.8. The zero-order valence-corrected chi connectivity index (χ0v) is 14.5. The summed E-state index contributed by atoms with van der Waals surface area (Å²) in [5.74, 6) is 1.15. The van der Waals surface area contributed by atoms with Gasteiger partial charge in [-0.25, -0.2) is 28.7 Å². The van der Waals surface area contributed by atoms with Crippen molar-refractivity contribution in [1.29, 1.82) is 0 Å². The maximum Gasteiger partial charge on any atom is 0.280 e. The Labute approximate surface area is 153 Å². The van der Waals surface area contributed by atoms with E-state index in [1.807, 2.05) is 12.1 Å². The van der Waals surface area contributed by atoms with Gasteiger partial charge in [0.05, 0.1) is 11.7 Å². The van der Waals surface area contributed by atoms with Gasteiger partial charge in [0.1, 0.15) is 17.8 Å². The number of nitrogens with zero attached hydrogens (tertiary/aromatic N) is 6. The SMILES string of the molecule is O=c1cc(C(F)F)ncn1CC1CCN(c2ncnc3ncccc23)CC1. The van der Waals surface area contributed by atoms with Crippen LogP contribution in [0.2, 0.25) is 0 Å². The molecule has 140 valence electrons. The van der Waals surface area contributed by atoms with Gasteiger partial charge in [0, 0.05) is 31.9 Å². The standard InChI is InChI=1S/C18H18F2N6O/c19-16(20)14-8-15(27)26(11-24-14)9-12-3-6-25(7-4-12)18-13-2-1-5-21-17(13)22-10-23-18/h1-2,5,8,10-12,16H,3-4,6-7,9H2. The largest absolute Gasteiger partial charge is 0.356 e. The first-order chi connectivity index (χ1) is 13.1. The van der Waals surface area contributed by atoms with Crippen molar-refractivity contribution in [2.45, 2.75) is 25.8 Å². The van der Waals surface area contributed by atoms with Crippen LogP contribution in [0.3, 0.4) is 0 Å². The number of fused-ring (bicyclic) bond motifs is 1. The fourth-order valence-corrected chi connectivity index (χ4v) is 3.44. The lowest BCUT2D eigenvalue weighted by molar-refractivity contribution is 0.145. The number of halogens is 2. The minimum absolute atomic E-state index is 0.282. The molecule has 7 nitrogen and oxygen atoms in total. The average Bonchev–Trinajstić information content (AvgIpc) is 2.69. The first-order valence-electron chi connectivity index (χ1n) is 8.77. The van der Waals surface area contributed by atoms with E-state index in [2.05, 4.69) is 24.8 Å². The van der Waals surface area contributed by atoms with Crippen LogP contribution < -0.4 is 10.5 Å². The molecular weight excluding hydrogens is 354 g/mol. The fourth-order valence-electron chi connectivity index (χ4n) is 3.44. The molecule has 0 spiro atoms. The van der Waals surface area contributed by atoms with Crippen LogP contribution in [0.4, 0.5) is 14.6 Å². The number of pyridine rings is 1. The Morgan fingerprint density at radius 2 is 1.96 bits per heavy atom. The normalized spacial score (nSPS) is 15.6. The van der Waals surface area contributed by atoms with Crippen LogP contribution in [0.25, 0.3) is 11.0 Å². The lowest BCUT2D eigenvalue weighted by Crippen LogP contribution is -2.37. The molecule has 0 aromatic carbocycles. The number of anilines is 1. The molecule has 1 aliphatic heterocycles. The van der Waals surface area contributed by atoms with Crippen LogP contribution >= 0.6 is 0 Å². The number of piperidine rings is 1. The van der Waals surface area contributed by atoms with Crippen LogP contribution in [0.1, 0.15) is 25.0 Å². The van der Waals surface area contributed by atoms with Gasteiger partial charge in [-0.2, -0.15) is 0 Å². The van der Waals surface area contributed by atoms with Gasteiger partial charge < -0.3 is 4.90 Å². The van der Waals surface area contributed by atoms with Crippen molar-refractivity contribution in [3.63, 3.8) is 0 Å². The number of hydrogen-bond donors (Lipinski definition) is 0. The highest BCUT2D eigenvalue weighted by atomic mass is 19.3. The summed E-state index contributed by atoms with van der Waals surface area (Å²) >= 11 is 0. The molecule has 0 unspecified atom stereocenters. The molecule has 3 aromatic heterocycles. The molecule has 9 heteroatoms. The predicted molar refractivity (Wildman–Crippen MR) is 95.7 cm³/mol. The molecule has 3 aromatic rings. The van der Waals surface area contributed by atoms with Gasteiger partial charge in [-0.05, 0) is 30.9 Å². The third kappa shape index (κ3) is 3.62. The molecule has 0 atom stereocenters. The molecule has 0 aliphatic carbocycles. The Morgan fingerprint density at radius 3 is 2.70 bits per heavy atom. The van der Waals surface area contributed by atoms with E-state index in [-0.39, 0.29) is 5.92 Å². The molecule has 1 fully saturated rings. The van der Waals surface area contributed by atoms with Gasteiger partial charge in [0.2, 0.25) is 0 Å². The van der Waals surface area contributed by atoms with Crippen LogP contribution in [0, 0.1) is 5.92 Å². The molecule has 27 heavy (non-hydrogen) atoms. The molecule has 4 heterocycles. The third-order valence-corrected chi connectivity index (χ3v) is 4.88. The predicted octanol–water partition coefficient (Wildman–Crippen LogP) is 2.44. The van der Waals surface area contributed by atoms with Gasteiger partial charge in [-0.3, -0.25) is 9.36 Å². The first-order valence-corrected chi connectivity index (χ1v) is 8.77. The minimum atomic E-state index is -2.73. The molecule has 0 bridgehead atoms. The van der Waals surface area contributed by atoms with Crippen molar-refractivity contribution in [2.24, 2.45) is 5.92 Å². The second-order valence-corrected chi connectivity index (χ2v) is 6.61. The van der Waals surface area contributed by atoms with Crippen molar-refractivity contribution in [1.82, 2.24) is 24.5 Å². The van der Waals surface area contributed by atoms with Crippen molar-refractivity contribution in [2.75, 3.05) is 18.0 Å². The second kappa shape index (κ2) is 7.34. The molecule has 0 N–H and O–H groups in total. The molecule has 1 saturated heterocycles. The van der Waals surface area contributed by atoms with Crippen LogP contribution in [-0.4, -0.2) is 37.6 Å². The maximum atomic E-state index is 12.6. The quantitative estimate of drug-likeness (QED) is 0.700. The monoisotopic (exact) mass is 372 g/mol. The van der Waals surface area contributed by atoms with Gasteiger partial charge in [-0.15, -0.1) is 0 Å². The summed E-state index contributed by atoms with van der Waals surface area (Å²) in [7, 11) is 0. The molecule has 0 amide bonds. The number of hydrogen-bond acceptors (Lipinski definition) is 6. The van der Waals surface area contributed by atoms with E-state index >= 15 is 0 Å². The molecule has 0 saturated carbocycles. The maximum absolute atomic E-state index is 12.6. The van der Waals surface area contributed by atoms with E-state index in [0.717, 1.165) is 43.2 Å². The Kier molecular flexibility index (Phi) is 4.74. The summed E-state index contributed by atoms with van der Waals surface area (Å²) in [6.45, 7) is 2.07. The van der Waals surface area contributed by atoms with Gasteiger partial charge in [0.25, 0.3) is 12.0 Å². The van der Waals surface area contributed by atoms with Crippen LogP contribution in [-0.2, 0) is 6.54 Å². The minimum Gasteiger partial charge on any atom is -0.356 e. The van der Waals surface area contributed by atoms with E-state index in [0.29, 0.717) is 12.2 Å². The molecule has 0 radical (unpaired) electrons. The molecule has 1 aliphatic rings. The van der Waals surface area contributed by atoms with Crippen molar-refractivity contribution in [3.8, 4) is 0 Å². The van der Waals surface area contributed by atoms with Gasteiger partial charge in [-0.1, -0.05) is 0 Å². The van der Waals surface area contributed by atoms with Crippen molar-refractivity contribution < 1.29 is 8.78 Å². The zero-order valence-electron chi connectivity index (χ0n) is 14.5. The summed E-state index contributed by atoms with van der Waals surface area (Å²) in [4.78, 5) is 30.8. The Bertz CT molecular complexity index is 995. The average molecular weight is 372 g/mol. The summed E-state index contributed by atoms with van der Waals surface area (Å²) in [6, 6.07) is 4.74.